The van der Waals surface area contributed by atoms with E-state index in [1.165, 1.54) is 0 Å². The fourth-order valence-corrected chi connectivity index (χ4v) is 3.19. The molecule has 1 aliphatic carbocycles. The Morgan fingerprint density at radius 1 is 1.20 bits per heavy atom. The Morgan fingerprint density at radius 2 is 2.05 bits per heavy atom. The van der Waals surface area contributed by atoms with Gasteiger partial charge in [-0.1, -0.05) is 11.8 Å². The highest BCUT2D eigenvalue weighted by molar-refractivity contribution is 7.99. The maximum absolute atomic E-state index is 13.7. The molecule has 5 heteroatoms. The van der Waals surface area contributed by atoms with E-state index in [0.717, 1.165) is 60.5 Å². The first-order valence-electron chi connectivity index (χ1n) is 6.23. The lowest BCUT2D eigenvalue weighted by molar-refractivity contribution is 0.577. The number of hydrogen-bond acceptors (Lipinski definition) is 3. The molecule has 0 fully saturated rings. The van der Waals surface area contributed by atoms with Crippen molar-refractivity contribution in [3.63, 3.8) is 0 Å². The molecule has 2 aromatic rings. The lowest BCUT2D eigenvalue weighted by Gasteiger charge is -2.07. The molecule has 0 amide bonds. The Labute approximate surface area is 119 Å². The molecule has 1 aliphatic rings. The average Bonchev–Trinajstić information content (AvgIpc) is 2.89. The third kappa shape index (κ3) is 2.39. The van der Waals surface area contributed by atoms with E-state index in [0.29, 0.717) is 10.6 Å². The summed E-state index contributed by atoms with van der Waals surface area (Å²) >= 11 is 0.997. The molecule has 0 spiro atoms. The molecule has 1 heterocycles. The summed E-state index contributed by atoms with van der Waals surface area (Å²) in [6, 6.07) is 7.17. The second-order valence-electron chi connectivity index (χ2n) is 4.59. The molecule has 0 atom stereocenters. The topological polar surface area (TPSA) is 36.7 Å². The van der Waals surface area contributed by atoms with Gasteiger partial charge in [-0.05, 0) is 49.1 Å². The van der Waals surface area contributed by atoms with Crippen LogP contribution in [0, 0.1) is 23.0 Å². The van der Waals surface area contributed by atoms with Crippen molar-refractivity contribution >= 4 is 11.8 Å². The van der Waals surface area contributed by atoms with E-state index < -0.39 is 11.6 Å². The first-order valence-corrected chi connectivity index (χ1v) is 7.05. The highest BCUT2D eigenvalue weighted by Gasteiger charge is 2.18. The predicted octanol–water partition coefficient (Wildman–Crippen LogP) is 3.87. The van der Waals surface area contributed by atoms with Crippen LogP contribution in [0.3, 0.4) is 0 Å². The smallest absolute Gasteiger partial charge is 0.137 e. The molecule has 0 radical (unpaired) electrons. The fourth-order valence-electron chi connectivity index (χ4n) is 2.27. The van der Waals surface area contributed by atoms with Crippen molar-refractivity contribution < 1.29 is 8.78 Å². The molecule has 2 nitrogen and oxygen atoms in total. The molecule has 0 saturated heterocycles. The lowest BCUT2D eigenvalue weighted by atomic mass is 10.2. The van der Waals surface area contributed by atoms with Gasteiger partial charge in [0.15, 0.2) is 0 Å². The van der Waals surface area contributed by atoms with Gasteiger partial charge in [-0.15, -0.1) is 0 Å². The summed E-state index contributed by atoms with van der Waals surface area (Å²) < 4.78 is 26.9. The van der Waals surface area contributed by atoms with E-state index in [-0.39, 0.29) is 4.90 Å². The number of aryl methyl sites for hydroxylation is 2. The number of aromatic nitrogens is 1. The Hall–Kier alpha value is -1.93. The SMILES string of the molecule is N#Cc1cc2c(nc1Sc1cc(F)ccc1F)CCC2. The minimum Gasteiger partial charge on any atom is -0.244 e. The predicted molar refractivity (Wildman–Crippen MR) is 71.5 cm³/mol. The molecule has 0 bridgehead atoms. The zero-order valence-electron chi connectivity index (χ0n) is 10.5. The molecular formula is C15H10F2N2S. The average molecular weight is 288 g/mol. The molecule has 20 heavy (non-hydrogen) atoms. The molecule has 3 rings (SSSR count). The van der Waals surface area contributed by atoms with Crippen LogP contribution in [0.2, 0.25) is 0 Å². The van der Waals surface area contributed by atoms with Gasteiger partial charge in [-0.2, -0.15) is 5.26 Å². The van der Waals surface area contributed by atoms with Crippen molar-refractivity contribution in [3.05, 3.63) is 52.7 Å². The minimum absolute atomic E-state index is 0.145. The fraction of sp³-hybridized carbons (Fsp3) is 0.200. The van der Waals surface area contributed by atoms with Crippen molar-refractivity contribution in [1.29, 1.82) is 5.26 Å². The van der Waals surface area contributed by atoms with Crippen molar-refractivity contribution in [2.24, 2.45) is 0 Å². The molecule has 0 saturated carbocycles. The van der Waals surface area contributed by atoms with Gasteiger partial charge in [-0.25, -0.2) is 13.8 Å². The maximum Gasteiger partial charge on any atom is 0.137 e. The van der Waals surface area contributed by atoms with Crippen LogP contribution in [0.4, 0.5) is 8.78 Å². The highest BCUT2D eigenvalue weighted by atomic mass is 32.2. The summed E-state index contributed by atoms with van der Waals surface area (Å²) in [5.41, 5.74) is 2.47. The second kappa shape index (κ2) is 5.22. The van der Waals surface area contributed by atoms with Gasteiger partial charge < -0.3 is 0 Å². The number of nitriles is 1. The quantitative estimate of drug-likeness (QED) is 0.841. The van der Waals surface area contributed by atoms with Crippen LogP contribution < -0.4 is 0 Å². The van der Waals surface area contributed by atoms with Gasteiger partial charge in [0, 0.05) is 5.69 Å². The molecule has 0 N–H and O–H groups in total. The largest absolute Gasteiger partial charge is 0.244 e. The third-order valence-electron chi connectivity index (χ3n) is 3.24. The number of fused-ring (bicyclic) bond motifs is 1. The van der Waals surface area contributed by atoms with Crippen LogP contribution in [-0.2, 0) is 12.8 Å². The van der Waals surface area contributed by atoms with E-state index in [9.17, 15) is 14.0 Å². The Kier molecular flexibility index (Phi) is 3.41. The Morgan fingerprint density at radius 3 is 2.85 bits per heavy atom. The van der Waals surface area contributed by atoms with Crippen molar-refractivity contribution in [2.75, 3.05) is 0 Å². The van der Waals surface area contributed by atoms with Crippen molar-refractivity contribution in [2.45, 2.75) is 29.2 Å². The standard InChI is InChI=1S/C15H10F2N2S/c16-11-4-5-12(17)14(7-11)20-15-10(8-18)6-9-2-1-3-13(9)19-15/h4-7H,1-3H2. The highest BCUT2D eigenvalue weighted by Crippen LogP contribution is 2.33. The summed E-state index contributed by atoms with van der Waals surface area (Å²) in [6.45, 7) is 0. The zero-order valence-corrected chi connectivity index (χ0v) is 11.3. The number of pyridine rings is 1. The van der Waals surface area contributed by atoms with Crippen molar-refractivity contribution in [1.82, 2.24) is 4.98 Å². The molecule has 0 aliphatic heterocycles. The first kappa shape index (κ1) is 13.1. The monoisotopic (exact) mass is 288 g/mol. The van der Waals surface area contributed by atoms with Crippen LogP contribution in [-0.4, -0.2) is 4.98 Å². The third-order valence-corrected chi connectivity index (χ3v) is 4.27. The molecule has 100 valence electrons. The number of hydrogen-bond donors (Lipinski definition) is 0. The molecule has 0 unspecified atom stereocenters. The summed E-state index contributed by atoms with van der Waals surface area (Å²) in [6.07, 6.45) is 2.83. The summed E-state index contributed by atoms with van der Waals surface area (Å²) in [5.74, 6) is -1.02. The van der Waals surface area contributed by atoms with Crippen LogP contribution in [0.1, 0.15) is 23.2 Å². The number of halogens is 2. The van der Waals surface area contributed by atoms with Gasteiger partial charge in [0.05, 0.1) is 10.5 Å². The number of nitrogens with zero attached hydrogens (tertiary/aromatic N) is 2. The van der Waals surface area contributed by atoms with E-state index in [2.05, 4.69) is 11.1 Å². The summed E-state index contributed by atoms with van der Waals surface area (Å²) in [4.78, 5) is 4.59. The van der Waals surface area contributed by atoms with Crippen LogP contribution in [0.25, 0.3) is 0 Å². The van der Waals surface area contributed by atoms with Gasteiger partial charge in [-0.3, -0.25) is 0 Å². The Balaban J connectivity index is 2.02. The zero-order chi connectivity index (χ0) is 14.1. The second-order valence-corrected chi connectivity index (χ2v) is 5.62. The van der Waals surface area contributed by atoms with Gasteiger partial charge in [0.1, 0.15) is 22.7 Å². The van der Waals surface area contributed by atoms with Crippen LogP contribution in [0.15, 0.2) is 34.2 Å². The van der Waals surface area contributed by atoms with Crippen LogP contribution >= 0.6 is 11.8 Å². The van der Waals surface area contributed by atoms with E-state index in [4.69, 9.17) is 0 Å². The van der Waals surface area contributed by atoms with Gasteiger partial charge in [0.2, 0.25) is 0 Å². The van der Waals surface area contributed by atoms with Gasteiger partial charge >= 0.3 is 0 Å². The first-order chi connectivity index (χ1) is 9.67. The van der Waals surface area contributed by atoms with Crippen LogP contribution in [0.5, 0.6) is 0 Å². The molecule has 1 aromatic carbocycles. The van der Waals surface area contributed by atoms with E-state index in [1.807, 2.05) is 6.07 Å². The van der Waals surface area contributed by atoms with Crippen molar-refractivity contribution in [3.8, 4) is 6.07 Å². The summed E-state index contributed by atoms with van der Waals surface area (Å²) in [5, 5.41) is 9.62. The molecular weight excluding hydrogens is 278 g/mol. The molecule has 1 aromatic heterocycles. The Bertz CT molecular complexity index is 723. The minimum atomic E-state index is -0.511. The van der Waals surface area contributed by atoms with E-state index in [1.54, 1.807) is 0 Å². The normalized spacial score (nSPS) is 13.1. The van der Waals surface area contributed by atoms with E-state index >= 15 is 0 Å². The summed E-state index contributed by atoms with van der Waals surface area (Å²) in [7, 11) is 0. The number of benzene rings is 1. The number of rotatable bonds is 2. The maximum atomic E-state index is 13.7. The lowest BCUT2D eigenvalue weighted by Crippen LogP contribution is -1.95. The van der Waals surface area contributed by atoms with Gasteiger partial charge in [0.25, 0.3) is 0 Å².